The molecule has 2 aliphatic rings. The van der Waals surface area contributed by atoms with E-state index in [4.69, 9.17) is 9.47 Å². The fourth-order valence-corrected chi connectivity index (χ4v) is 3.63. The van der Waals surface area contributed by atoms with E-state index in [1.165, 1.54) is 0 Å². The summed E-state index contributed by atoms with van der Waals surface area (Å²) in [4.78, 5) is 26.7. The Morgan fingerprint density at radius 1 is 1.23 bits per heavy atom. The zero-order chi connectivity index (χ0) is 18.4. The molecule has 0 unspecified atom stereocenters. The van der Waals surface area contributed by atoms with Crippen molar-refractivity contribution >= 4 is 11.8 Å². The molecule has 2 saturated heterocycles. The van der Waals surface area contributed by atoms with E-state index in [1.54, 1.807) is 6.07 Å². The fraction of sp³-hybridized carbons (Fsp3) is 0.579. The van der Waals surface area contributed by atoms with Crippen molar-refractivity contribution in [3.05, 3.63) is 29.8 Å². The first-order valence-corrected chi connectivity index (χ1v) is 9.25. The monoisotopic (exact) mass is 361 g/mol. The van der Waals surface area contributed by atoms with Gasteiger partial charge >= 0.3 is 0 Å². The van der Waals surface area contributed by atoms with Gasteiger partial charge in [-0.25, -0.2) is 0 Å². The first-order chi connectivity index (χ1) is 12.6. The lowest BCUT2D eigenvalue weighted by molar-refractivity contribution is -0.133. The van der Waals surface area contributed by atoms with Crippen LogP contribution in [0.25, 0.3) is 0 Å². The first-order valence-electron chi connectivity index (χ1n) is 9.25. The number of amides is 2. The number of rotatable bonds is 5. The molecule has 1 atom stereocenters. The number of benzene rings is 1. The highest BCUT2D eigenvalue weighted by molar-refractivity contribution is 5.86. The summed E-state index contributed by atoms with van der Waals surface area (Å²) in [5, 5.41) is 0. The highest BCUT2D eigenvalue weighted by atomic mass is 16.5. The summed E-state index contributed by atoms with van der Waals surface area (Å²) in [7, 11) is 0. The van der Waals surface area contributed by atoms with Gasteiger partial charge in [0, 0.05) is 19.3 Å². The molecule has 0 bridgehead atoms. The van der Waals surface area contributed by atoms with E-state index in [9.17, 15) is 9.59 Å². The summed E-state index contributed by atoms with van der Waals surface area (Å²) in [6, 6.07) is 7.69. The van der Waals surface area contributed by atoms with Gasteiger partial charge < -0.3 is 9.47 Å². The van der Waals surface area contributed by atoms with Crippen molar-refractivity contribution in [2.24, 2.45) is 0 Å². The van der Waals surface area contributed by atoms with Crippen LogP contribution in [-0.2, 0) is 14.3 Å². The van der Waals surface area contributed by atoms with Crippen molar-refractivity contribution in [1.82, 2.24) is 15.8 Å². The van der Waals surface area contributed by atoms with E-state index >= 15 is 0 Å². The summed E-state index contributed by atoms with van der Waals surface area (Å²) in [5.74, 6) is 0.0985. The smallest absolute Gasteiger partial charge is 0.276 e. The Balaban J connectivity index is 1.43. The van der Waals surface area contributed by atoms with Crippen LogP contribution < -0.4 is 15.6 Å². The lowest BCUT2D eigenvalue weighted by Crippen LogP contribution is -2.53. The van der Waals surface area contributed by atoms with E-state index in [2.05, 4.69) is 15.8 Å². The van der Waals surface area contributed by atoms with Crippen LogP contribution >= 0.6 is 0 Å². The van der Waals surface area contributed by atoms with Crippen LogP contribution in [-0.4, -0.2) is 55.2 Å². The molecule has 0 saturated carbocycles. The average molecular weight is 361 g/mol. The van der Waals surface area contributed by atoms with Crippen molar-refractivity contribution in [2.75, 3.05) is 26.4 Å². The molecule has 1 aromatic carbocycles. The largest absolute Gasteiger partial charge is 0.484 e. The number of nitrogens with zero attached hydrogens (tertiary/aromatic N) is 1. The molecule has 2 heterocycles. The Hall–Kier alpha value is -2.12. The number of nitrogens with one attached hydrogen (secondary N) is 2. The van der Waals surface area contributed by atoms with Crippen molar-refractivity contribution in [3.63, 3.8) is 0 Å². The van der Waals surface area contributed by atoms with E-state index in [0.717, 1.165) is 51.0 Å². The second-order valence-corrected chi connectivity index (χ2v) is 6.88. The van der Waals surface area contributed by atoms with Gasteiger partial charge in [0.2, 0.25) is 0 Å². The topological polar surface area (TPSA) is 79.9 Å². The lowest BCUT2D eigenvalue weighted by Gasteiger charge is -2.34. The molecule has 7 nitrogen and oxygen atoms in total. The normalized spacial score (nSPS) is 21.3. The number of hydrazine groups is 1. The van der Waals surface area contributed by atoms with Crippen molar-refractivity contribution in [1.29, 1.82) is 0 Å². The molecule has 26 heavy (non-hydrogen) atoms. The number of carbonyl (C=O) groups excluding carboxylic acids is 2. The van der Waals surface area contributed by atoms with Crippen LogP contribution in [0.2, 0.25) is 0 Å². The maximum Gasteiger partial charge on any atom is 0.276 e. The van der Waals surface area contributed by atoms with E-state index in [-0.39, 0.29) is 24.5 Å². The highest BCUT2D eigenvalue weighted by Gasteiger charge is 2.36. The first kappa shape index (κ1) is 18.7. The number of carbonyl (C=O) groups is 2. The Labute approximate surface area is 154 Å². The Morgan fingerprint density at radius 3 is 2.81 bits per heavy atom. The second-order valence-electron chi connectivity index (χ2n) is 6.88. The molecule has 142 valence electrons. The van der Waals surface area contributed by atoms with Gasteiger partial charge in [0.1, 0.15) is 5.75 Å². The van der Waals surface area contributed by atoms with Gasteiger partial charge in [-0.15, -0.1) is 0 Å². The van der Waals surface area contributed by atoms with Crippen LogP contribution in [0.3, 0.4) is 0 Å². The van der Waals surface area contributed by atoms with Gasteiger partial charge in [0.15, 0.2) is 6.61 Å². The van der Waals surface area contributed by atoms with Gasteiger partial charge in [-0.2, -0.15) is 0 Å². The minimum absolute atomic E-state index is 0.141. The summed E-state index contributed by atoms with van der Waals surface area (Å²) < 4.78 is 10.8. The van der Waals surface area contributed by atoms with Gasteiger partial charge in [-0.3, -0.25) is 25.3 Å². The quantitative estimate of drug-likeness (QED) is 0.770. The lowest BCUT2D eigenvalue weighted by atomic mass is 10.1. The van der Waals surface area contributed by atoms with Gasteiger partial charge in [-0.1, -0.05) is 12.1 Å². The Bertz CT molecular complexity index is 631. The van der Waals surface area contributed by atoms with Crippen LogP contribution in [0.4, 0.5) is 0 Å². The van der Waals surface area contributed by atoms with Crippen molar-refractivity contribution < 1.29 is 19.1 Å². The van der Waals surface area contributed by atoms with Crippen LogP contribution in [0.5, 0.6) is 5.75 Å². The molecule has 2 N–H and O–H groups in total. The third-order valence-electron chi connectivity index (χ3n) is 4.94. The standard InChI is InChI=1S/C19H27N3O4/c1-14-4-2-5-16(12-14)26-13-18(23)20-21-19(24)17-6-3-9-22(17)15-7-10-25-11-8-15/h2,4-5,12,15,17H,3,6-11,13H2,1H3,(H,20,23)(H,21,24)/t17-/m0/s1. The molecule has 2 fully saturated rings. The number of ether oxygens (including phenoxy) is 2. The number of hydrogen-bond acceptors (Lipinski definition) is 5. The molecule has 1 aromatic rings. The van der Waals surface area contributed by atoms with E-state index in [0.29, 0.717) is 11.8 Å². The second kappa shape index (κ2) is 9.00. The number of hydrogen-bond donors (Lipinski definition) is 2. The maximum atomic E-state index is 12.5. The molecule has 2 aliphatic heterocycles. The predicted octanol–water partition coefficient (Wildman–Crippen LogP) is 1.16. The van der Waals surface area contributed by atoms with Crippen LogP contribution in [0, 0.1) is 6.92 Å². The summed E-state index contributed by atoms with van der Waals surface area (Å²) >= 11 is 0. The highest BCUT2D eigenvalue weighted by Crippen LogP contribution is 2.25. The van der Waals surface area contributed by atoms with E-state index in [1.807, 2.05) is 25.1 Å². The summed E-state index contributed by atoms with van der Waals surface area (Å²) in [6.07, 6.45) is 3.74. The maximum absolute atomic E-state index is 12.5. The van der Waals surface area contributed by atoms with Crippen LogP contribution in [0.15, 0.2) is 24.3 Å². The number of aryl methyl sites for hydroxylation is 1. The Morgan fingerprint density at radius 2 is 2.04 bits per heavy atom. The Kier molecular flexibility index (Phi) is 6.46. The minimum atomic E-state index is -0.379. The average Bonchev–Trinajstić information content (AvgIpc) is 3.15. The van der Waals surface area contributed by atoms with Crippen LogP contribution in [0.1, 0.15) is 31.2 Å². The zero-order valence-electron chi connectivity index (χ0n) is 15.2. The molecular formula is C19H27N3O4. The summed E-state index contributed by atoms with van der Waals surface area (Å²) in [6.45, 7) is 4.25. The van der Waals surface area contributed by atoms with Gasteiger partial charge in [-0.05, 0) is 56.8 Å². The van der Waals surface area contributed by atoms with Gasteiger partial charge in [0.05, 0.1) is 6.04 Å². The van der Waals surface area contributed by atoms with E-state index < -0.39 is 0 Å². The molecule has 0 radical (unpaired) electrons. The minimum Gasteiger partial charge on any atom is -0.484 e. The van der Waals surface area contributed by atoms with Crippen molar-refractivity contribution in [2.45, 2.75) is 44.7 Å². The molecule has 0 spiro atoms. The third-order valence-corrected chi connectivity index (χ3v) is 4.94. The molecule has 7 heteroatoms. The number of likely N-dealkylation sites (tertiary alicyclic amines) is 1. The molecular weight excluding hydrogens is 334 g/mol. The van der Waals surface area contributed by atoms with Crippen molar-refractivity contribution in [3.8, 4) is 5.75 Å². The third kappa shape index (κ3) is 4.95. The molecule has 2 amide bonds. The fourth-order valence-electron chi connectivity index (χ4n) is 3.63. The predicted molar refractivity (Wildman–Crippen MR) is 96.5 cm³/mol. The molecule has 3 rings (SSSR count). The van der Waals surface area contributed by atoms with Gasteiger partial charge in [0.25, 0.3) is 11.8 Å². The summed E-state index contributed by atoms with van der Waals surface area (Å²) in [5.41, 5.74) is 6.06. The SMILES string of the molecule is Cc1cccc(OCC(=O)NNC(=O)[C@@H]2CCCN2C2CCOCC2)c1. The zero-order valence-corrected chi connectivity index (χ0v) is 15.2. The molecule has 0 aromatic heterocycles. The molecule has 0 aliphatic carbocycles.